The van der Waals surface area contributed by atoms with Crippen LogP contribution in [0.25, 0.3) is 17.1 Å². The molecule has 0 bridgehead atoms. The average molecular weight is 506 g/mol. The van der Waals surface area contributed by atoms with E-state index in [0.29, 0.717) is 5.16 Å². The summed E-state index contributed by atoms with van der Waals surface area (Å²) in [5.74, 6) is 0.672. The van der Waals surface area contributed by atoms with Gasteiger partial charge in [0.15, 0.2) is 11.0 Å². The summed E-state index contributed by atoms with van der Waals surface area (Å²) >= 11 is 4.76. The SMILES string of the molecule is CC(=NNC(=O)CSc1nnc(-c2ccccc2)n1-c1ccccc1)c1cccc(Br)c1. The van der Waals surface area contributed by atoms with Crippen molar-refractivity contribution in [1.82, 2.24) is 20.2 Å². The number of hydrazone groups is 1. The van der Waals surface area contributed by atoms with Gasteiger partial charge in [-0.15, -0.1) is 10.2 Å². The third-order valence-electron chi connectivity index (χ3n) is 4.60. The maximum atomic E-state index is 12.4. The van der Waals surface area contributed by atoms with Crippen molar-refractivity contribution in [3.8, 4) is 17.1 Å². The molecule has 4 rings (SSSR count). The van der Waals surface area contributed by atoms with Gasteiger partial charge in [0.1, 0.15) is 0 Å². The van der Waals surface area contributed by atoms with Crippen LogP contribution in [0.2, 0.25) is 0 Å². The highest BCUT2D eigenvalue weighted by molar-refractivity contribution is 9.10. The third-order valence-corrected chi connectivity index (χ3v) is 6.03. The van der Waals surface area contributed by atoms with Gasteiger partial charge in [-0.2, -0.15) is 5.10 Å². The first-order chi connectivity index (χ1) is 15.6. The Labute approximate surface area is 198 Å². The van der Waals surface area contributed by atoms with Gasteiger partial charge in [0.2, 0.25) is 0 Å². The molecule has 0 atom stereocenters. The molecule has 0 aliphatic rings. The molecule has 0 saturated carbocycles. The van der Waals surface area contributed by atoms with Crippen molar-refractivity contribution in [1.29, 1.82) is 0 Å². The van der Waals surface area contributed by atoms with Crippen molar-refractivity contribution in [3.63, 3.8) is 0 Å². The molecule has 1 amide bonds. The summed E-state index contributed by atoms with van der Waals surface area (Å²) in [5.41, 5.74) is 6.17. The van der Waals surface area contributed by atoms with Crippen LogP contribution in [0.4, 0.5) is 0 Å². The number of benzene rings is 3. The number of nitrogens with zero attached hydrogens (tertiary/aromatic N) is 4. The molecular formula is C24H20BrN5OS. The summed E-state index contributed by atoms with van der Waals surface area (Å²) < 4.78 is 2.92. The van der Waals surface area contributed by atoms with Crippen LogP contribution in [0.5, 0.6) is 0 Å². The summed E-state index contributed by atoms with van der Waals surface area (Å²) in [5, 5.41) is 13.6. The maximum Gasteiger partial charge on any atom is 0.250 e. The van der Waals surface area contributed by atoms with Gasteiger partial charge in [0, 0.05) is 15.7 Å². The van der Waals surface area contributed by atoms with E-state index in [1.807, 2.05) is 96.4 Å². The fraction of sp³-hybridized carbons (Fsp3) is 0.0833. The number of hydrogen-bond donors (Lipinski definition) is 1. The zero-order valence-electron chi connectivity index (χ0n) is 17.3. The number of amides is 1. The van der Waals surface area contributed by atoms with Crippen LogP contribution < -0.4 is 5.43 Å². The Morgan fingerprint density at radius 2 is 1.72 bits per heavy atom. The molecule has 1 aromatic heterocycles. The van der Waals surface area contributed by atoms with Gasteiger partial charge in [0.25, 0.3) is 5.91 Å². The predicted molar refractivity (Wildman–Crippen MR) is 132 cm³/mol. The molecule has 3 aromatic carbocycles. The van der Waals surface area contributed by atoms with Crippen LogP contribution in [-0.4, -0.2) is 32.1 Å². The Bertz CT molecular complexity index is 1240. The monoisotopic (exact) mass is 505 g/mol. The van der Waals surface area contributed by atoms with Crippen LogP contribution in [0.15, 0.2) is 99.7 Å². The molecule has 0 unspecified atom stereocenters. The molecule has 1 heterocycles. The van der Waals surface area contributed by atoms with Crippen LogP contribution in [0.1, 0.15) is 12.5 Å². The van der Waals surface area contributed by atoms with Crippen molar-refractivity contribution in [3.05, 3.63) is 95.0 Å². The van der Waals surface area contributed by atoms with E-state index in [-0.39, 0.29) is 11.7 Å². The van der Waals surface area contributed by atoms with Gasteiger partial charge in [0.05, 0.1) is 11.5 Å². The summed E-state index contributed by atoms with van der Waals surface area (Å²) in [6.07, 6.45) is 0. The minimum atomic E-state index is -0.215. The van der Waals surface area contributed by atoms with E-state index in [1.165, 1.54) is 11.8 Å². The number of halogens is 1. The highest BCUT2D eigenvalue weighted by Crippen LogP contribution is 2.27. The van der Waals surface area contributed by atoms with Crippen LogP contribution >= 0.6 is 27.7 Å². The molecule has 32 heavy (non-hydrogen) atoms. The third kappa shape index (κ3) is 5.33. The molecule has 0 aliphatic carbocycles. The summed E-state index contributed by atoms with van der Waals surface area (Å²) in [6.45, 7) is 1.85. The second-order valence-corrected chi connectivity index (χ2v) is 8.73. The molecule has 0 saturated heterocycles. The number of carbonyl (C=O) groups is 1. The normalized spacial score (nSPS) is 11.4. The maximum absolute atomic E-state index is 12.4. The van der Waals surface area contributed by atoms with E-state index in [4.69, 9.17) is 0 Å². The minimum Gasteiger partial charge on any atom is -0.272 e. The first kappa shape index (κ1) is 22.0. The molecule has 1 N–H and O–H groups in total. The van der Waals surface area contributed by atoms with Gasteiger partial charge >= 0.3 is 0 Å². The van der Waals surface area contributed by atoms with Gasteiger partial charge in [-0.1, -0.05) is 88.4 Å². The number of carbonyl (C=O) groups excluding carboxylic acids is 1. The van der Waals surface area contributed by atoms with Crippen LogP contribution in [0.3, 0.4) is 0 Å². The molecule has 160 valence electrons. The highest BCUT2D eigenvalue weighted by atomic mass is 79.9. The van der Waals surface area contributed by atoms with E-state index in [2.05, 4.69) is 36.7 Å². The van der Waals surface area contributed by atoms with Gasteiger partial charge in [-0.25, -0.2) is 5.43 Å². The largest absolute Gasteiger partial charge is 0.272 e. The average Bonchev–Trinajstić information content (AvgIpc) is 3.26. The van der Waals surface area contributed by atoms with Crippen molar-refractivity contribution >= 4 is 39.3 Å². The Kier molecular flexibility index (Phi) is 7.14. The first-order valence-corrected chi connectivity index (χ1v) is 11.7. The van der Waals surface area contributed by atoms with Crippen LogP contribution in [0, 0.1) is 0 Å². The number of aromatic nitrogens is 3. The van der Waals surface area contributed by atoms with Crippen molar-refractivity contribution in [2.75, 3.05) is 5.75 Å². The quantitative estimate of drug-likeness (QED) is 0.209. The lowest BCUT2D eigenvalue weighted by Crippen LogP contribution is -2.21. The van der Waals surface area contributed by atoms with Crippen molar-refractivity contribution < 1.29 is 4.79 Å². The summed E-state index contributed by atoms with van der Waals surface area (Å²) in [4.78, 5) is 12.4. The number of hydrogen-bond acceptors (Lipinski definition) is 5. The Hall–Kier alpha value is -3.23. The molecular weight excluding hydrogens is 486 g/mol. The van der Waals surface area contributed by atoms with Crippen molar-refractivity contribution in [2.24, 2.45) is 5.10 Å². The number of rotatable bonds is 7. The fourth-order valence-corrected chi connectivity index (χ4v) is 4.18. The minimum absolute atomic E-state index is 0.162. The Morgan fingerprint density at radius 3 is 2.44 bits per heavy atom. The highest BCUT2D eigenvalue weighted by Gasteiger charge is 2.17. The Morgan fingerprint density at radius 1 is 1.00 bits per heavy atom. The molecule has 8 heteroatoms. The molecule has 0 spiro atoms. The topological polar surface area (TPSA) is 72.2 Å². The summed E-state index contributed by atoms with van der Waals surface area (Å²) in [6, 6.07) is 27.5. The lowest BCUT2D eigenvalue weighted by molar-refractivity contribution is -0.118. The number of nitrogens with one attached hydrogen (secondary N) is 1. The predicted octanol–water partition coefficient (Wildman–Crippen LogP) is 5.33. The van der Waals surface area contributed by atoms with Gasteiger partial charge < -0.3 is 0 Å². The van der Waals surface area contributed by atoms with E-state index >= 15 is 0 Å². The van der Waals surface area contributed by atoms with Crippen LogP contribution in [-0.2, 0) is 4.79 Å². The van der Waals surface area contributed by atoms with Crippen molar-refractivity contribution in [2.45, 2.75) is 12.1 Å². The number of thioether (sulfide) groups is 1. The van der Waals surface area contributed by atoms with E-state index in [0.717, 1.165) is 32.8 Å². The zero-order chi connectivity index (χ0) is 22.3. The van der Waals surface area contributed by atoms with E-state index in [9.17, 15) is 4.79 Å². The number of para-hydroxylation sites is 1. The van der Waals surface area contributed by atoms with E-state index in [1.54, 1.807) is 0 Å². The smallest absolute Gasteiger partial charge is 0.250 e. The molecule has 0 radical (unpaired) electrons. The first-order valence-electron chi connectivity index (χ1n) is 9.90. The summed E-state index contributed by atoms with van der Waals surface area (Å²) in [7, 11) is 0. The zero-order valence-corrected chi connectivity index (χ0v) is 19.7. The van der Waals surface area contributed by atoms with E-state index < -0.39 is 0 Å². The molecule has 0 aliphatic heterocycles. The lowest BCUT2D eigenvalue weighted by Gasteiger charge is -2.10. The molecule has 6 nitrogen and oxygen atoms in total. The lowest BCUT2D eigenvalue weighted by atomic mass is 10.1. The molecule has 0 fully saturated rings. The second kappa shape index (κ2) is 10.4. The van der Waals surface area contributed by atoms with Gasteiger partial charge in [-0.3, -0.25) is 9.36 Å². The second-order valence-electron chi connectivity index (χ2n) is 6.87. The fourth-order valence-electron chi connectivity index (χ4n) is 3.03. The standard InChI is InChI=1S/C24H20BrN5OS/c1-17(19-11-8-12-20(25)15-19)26-27-22(31)16-32-24-29-28-23(18-9-4-2-5-10-18)30(24)21-13-6-3-7-14-21/h2-15H,16H2,1H3,(H,27,31). The van der Waals surface area contributed by atoms with Gasteiger partial charge in [-0.05, 0) is 36.8 Å². The molecule has 4 aromatic rings. The Balaban J connectivity index is 1.50.